The second kappa shape index (κ2) is 2.51. The van der Waals surface area contributed by atoms with Crippen molar-refractivity contribution in [3.05, 3.63) is 0 Å². The van der Waals surface area contributed by atoms with Gasteiger partial charge in [0.25, 0.3) is 0 Å². The van der Waals surface area contributed by atoms with Gasteiger partial charge in [-0.15, -0.1) is 23.2 Å². The minimum absolute atomic E-state index is 0.112. The third kappa shape index (κ3) is 1.51. The van der Waals surface area contributed by atoms with Gasteiger partial charge in [-0.3, -0.25) is 0 Å². The lowest BCUT2D eigenvalue weighted by Gasteiger charge is -2.24. The molecule has 11 heavy (non-hydrogen) atoms. The summed E-state index contributed by atoms with van der Waals surface area (Å²) in [5.41, 5.74) is -0.616. The van der Waals surface area contributed by atoms with Crippen LogP contribution in [0.5, 0.6) is 0 Å². The lowest BCUT2D eigenvalue weighted by atomic mass is 10.00. The largest absolute Gasteiger partial charge is 0.367 e. The number of hydrogen-bond acceptors (Lipinski definition) is 1. The summed E-state index contributed by atoms with van der Waals surface area (Å²) >= 11 is 12.2. The van der Waals surface area contributed by atoms with E-state index in [1.54, 1.807) is 0 Å². The molecule has 0 saturated carbocycles. The molecule has 1 aliphatic rings. The molecule has 1 rings (SSSR count). The van der Waals surface area contributed by atoms with Gasteiger partial charge in [-0.25, -0.2) is 0 Å². The number of hydrogen-bond donors (Lipinski definition) is 0. The van der Waals surface area contributed by atoms with Crippen molar-refractivity contribution < 1.29 is 4.74 Å². The van der Waals surface area contributed by atoms with Gasteiger partial charge in [0.2, 0.25) is 0 Å². The summed E-state index contributed by atoms with van der Waals surface area (Å²) in [6.45, 7) is 7.87. The summed E-state index contributed by atoms with van der Waals surface area (Å²) in [4.78, 5) is 0. The van der Waals surface area contributed by atoms with Crippen LogP contribution in [-0.2, 0) is 4.74 Å². The first-order valence-electron chi connectivity index (χ1n) is 3.76. The van der Waals surface area contributed by atoms with Crippen LogP contribution in [0.3, 0.4) is 0 Å². The number of halogens is 2. The van der Waals surface area contributed by atoms with Crippen LogP contribution < -0.4 is 0 Å². The van der Waals surface area contributed by atoms with E-state index in [-0.39, 0.29) is 22.0 Å². The molecular weight excluding hydrogens is 183 g/mol. The molecule has 0 spiro atoms. The van der Waals surface area contributed by atoms with Crippen molar-refractivity contribution in [1.29, 1.82) is 0 Å². The maximum absolute atomic E-state index is 6.08. The summed E-state index contributed by atoms with van der Waals surface area (Å²) < 4.78 is 5.70. The van der Waals surface area contributed by atoms with E-state index in [1.807, 2.05) is 27.7 Å². The normalized spacial score (nSPS) is 40.9. The standard InChI is InChI=1S/C8H14Cl2O/c1-7(2)5(9)6(10)8(3,4)11-7/h5-6H,1-4H3. The zero-order valence-corrected chi connectivity index (χ0v) is 8.83. The van der Waals surface area contributed by atoms with Crippen LogP contribution in [-0.4, -0.2) is 22.0 Å². The van der Waals surface area contributed by atoms with E-state index in [9.17, 15) is 0 Å². The Hall–Kier alpha value is 0.540. The van der Waals surface area contributed by atoms with Crippen LogP contribution in [0.4, 0.5) is 0 Å². The van der Waals surface area contributed by atoms with Gasteiger partial charge >= 0.3 is 0 Å². The first kappa shape index (κ1) is 9.63. The van der Waals surface area contributed by atoms with Gasteiger partial charge in [0, 0.05) is 0 Å². The molecule has 2 atom stereocenters. The van der Waals surface area contributed by atoms with Crippen LogP contribution in [0.2, 0.25) is 0 Å². The molecule has 0 aliphatic carbocycles. The van der Waals surface area contributed by atoms with E-state index in [4.69, 9.17) is 27.9 Å². The molecule has 1 aliphatic heterocycles. The van der Waals surface area contributed by atoms with E-state index in [2.05, 4.69) is 0 Å². The van der Waals surface area contributed by atoms with E-state index in [1.165, 1.54) is 0 Å². The van der Waals surface area contributed by atoms with Crippen LogP contribution in [0.15, 0.2) is 0 Å². The molecule has 1 nitrogen and oxygen atoms in total. The number of ether oxygens (including phenoxy) is 1. The second-order valence-electron chi connectivity index (χ2n) is 4.11. The van der Waals surface area contributed by atoms with Crippen molar-refractivity contribution in [1.82, 2.24) is 0 Å². The Morgan fingerprint density at radius 3 is 1.27 bits per heavy atom. The Labute approximate surface area is 78.0 Å². The van der Waals surface area contributed by atoms with Gasteiger partial charge in [-0.2, -0.15) is 0 Å². The lowest BCUT2D eigenvalue weighted by Crippen LogP contribution is -2.31. The highest BCUT2D eigenvalue weighted by Gasteiger charge is 2.52. The molecule has 1 fully saturated rings. The molecule has 1 saturated heterocycles. The highest BCUT2D eigenvalue weighted by molar-refractivity contribution is 6.31. The van der Waals surface area contributed by atoms with Gasteiger partial charge in [-0.1, -0.05) is 0 Å². The maximum atomic E-state index is 6.08. The van der Waals surface area contributed by atoms with Gasteiger partial charge in [0.15, 0.2) is 0 Å². The van der Waals surface area contributed by atoms with Gasteiger partial charge in [0.1, 0.15) is 0 Å². The van der Waals surface area contributed by atoms with Crippen LogP contribution >= 0.6 is 23.2 Å². The van der Waals surface area contributed by atoms with Crippen molar-refractivity contribution in [2.45, 2.75) is 49.7 Å². The first-order valence-corrected chi connectivity index (χ1v) is 4.63. The fourth-order valence-electron chi connectivity index (χ4n) is 1.50. The third-order valence-electron chi connectivity index (χ3n) is 2.11. The highest BCUT2D eigenvalue weighted by Crippen LogP contribution is 2.43. The molecule has 0 radical (unpaired) electrons. The highest BCUT2D eigenvalue weighted by atomic mass is 35.5. The molecule has 2 unspecified atom stereocenters. The molecular formula is C8H14Cl2O. The fourth-order valence-corrected chi connectivity index (χ4v) is 2.19. The Morgan fingerprint density at radius 2 is 1.18 bits per heavy atom. The van der Waals surface area contributed by atoms with Crippen LogP contribution in [0.1, 0.15) is 27.7 Å². The molecule has 3 heteroatoms. The second-order valence-corrected chi connectivity index (χ2v) is 5.05. The molecule has 0 aromatic heterocycles. The minimum atomic E-state index is -0.308. The van der Waals surface area contributed by atoms with Crippen molar-refractivity contribution in [2.75, 3.05) is 0 Å². The van der Waals surface area contributed by atoms with Gasteiger partial charge in [0.05, 0.1) is 22.0 Å². The summed E-state index contributed by atoms with van der Waals surface area (Å²) in [7, 11) is 0. The molecule has 0 aromatic rings. The SMILES string of the molecule is CC1(C)OC(C)(C)C(Cl)C1Cl. The van der Waals surface area contributed by atoms with Crippen molar-refractivity contribution in [3.8, 4) is 0 Å². The molecule has 66 valence electrons. The summed E-state index contributed by atoms with van der Waals surface area (Å²) in [5.74, 6) is 0. The fraction of sp³-hybridized carbons (Fsp3) is 1.00. The van der Waals surface area contributed by atoms with Crippen molar-refractivity contribution in [2.24, 2.45) is 0 Å². The lowest BCUT2D eigenvalue weighted by molar-refractivity contribution is -0.0627. The summed E-state index contributed by atoms with van der Waals surface area (Å²) in [6, 6.07) is 0. The summed E-state index contributed by atoms with van der Waals surface area (Å²) in [6.07, 6.45) is 0. The minimum Gasteiger partial charge on any atom is -0.367 e. The monoisotopic (exact) mass is 196 g/mol. The van der Waals surface area contributed by atoms with E-state index < -0.39 is 0 Å². The van der Waals surface area contributed by atoms with Gasteiger partial charge < -0.3 is 4.74 Å². The zero-order chi connectivity index (χ0) is 8.86. The van der Waals surface area contributed by atoms with Gasteiger partial charge in [-0.05, 0) is 27.7 Å². The molecule has 0 amide bonds. The molecule has 1 heterocycles. The first-order chi connectivity index (χ1) is 4.77. The molecule has 0 aromatic carbocycles. The van der Waals surface area contributed by atoms with Crippen molar-refractivity contribution >= 4 is 23.2 Å². The number of rotatable bonds is 0. The Morgan fingerprint density at radius 1 is 0.909 bits per heavy atom. The Bertz CT molecular complexity index is 147. The smallest absolute Gasteiger partial charge is 0.0812 e. The Balaban J connectivity index is 2.86. The van der Waals surface area contributed by atoms with Crippen molar-refractivity contribution in [3.63, 3.8) is 0 Å². The maximum Gasteiger partial charge on any atom is 0.0812 e. The summed E-state index contributed by atoms with van der Waals surface area (Å²) in [5, 5.41) is -0.224. The predicted molar refractivity (Wildman–Crippen MR) is 48.5 cm³/mol. The third-order valence-corrected chi connectivity index (χ3v) is 3.80. The quantitative estimate of drug-likeness (QED) is 0.542. The number of alkyl halides is 2. The van der Waals surface area contributed by atoms with E-state index in [0.29, 0.717) is 0 Å². The predicted octanol–water partition coefficient (Wildman–Crippen LogP) is 2.79. The topological polar surface area (TPSA) is 9.23 Å². The van der Waals surface area contributed by atoms with Crippen LogP contribution in [0.25, 0.3) is 0 Å². The molecule has 0 bridgehead atoms. The average molecular weight is 197 g/mol. The van der Waals surface area contributed by atoms with Crippen LogP contribution in [0, 0.1) is 0 Å². The zero-order valence-electron chi connectivity index (χ0n) is 7.32. The average Bonchev–Trinajstić information content (AvgIpc) is 1.91. The Kier molecular flexibility index (Phi) is 2.20. The van der Waals surface area contributed by atoms with E-state index >= 15 is 0 Å². The molecule has 0 N–H and O–H groups in total. The van der Waals surface area contributed by atoms with E-state index in [0.717, 1.165) is 0 Å².